The van der Waals surface area contributed by atoms with E-state index in [9.17, 15) is 9.59 Å². The predicted octanol–water partition coefficient (Wildman–Crippen LogP) is 7.27. The van der Waals surface area contributed by atoms with Crippen molar-refractivity contribution in [2.45, 2.75) is 77.4 Å². The van der Waals surface area contributed by atoms with E-state index in [2.05, 4.69) is 61.4 Å². The van der Waals surface area contributed by atoms with Crippen LogP contribution in [0.15, 0.2) is 72.3 Å². The molecule has 5 aliphatic rings. The number of hydrogen-bond acceptors (Lipinski definition) is 4. The van der Waals surface area contributed by atoms with Crippen LogP contribution in [0.2, 0.25) is 0 Å². The van der Waals surface area contributed by atoms with Crippen molar-refractivity contribution in [1.29, 1.82) is 0 Å². The quantitative estimate of drug-likeness (QED) is 0.437. The average molecular weight is 510 g/mol. The van der Waals surface area contributed by atoms with E-state index in [-0.39, 0.29) is 28.6 Å². The SMILES string of the molecule is CC(=O)[C@@]12ON(c3ccccc3)C(c3ccccc3)[C@@H]1C[C@H]1[C@@H]3CCC4=CC(=O)CC[C@]4(C)[C@H]3CC[C@@]12C. The number of anilines is 1. The second kappa shape index (κ2) is 8.39. The van der Waals surface area contributed by atoms with Gasteiger partial charge in [-0.2, -0.15) is 0 Å². The van der Waals surface area contributed by atoms with Crippen LogP contribution in [0, 0.1) is 34.5 Å². The molecule has 1 heterocycles. The fraction of sp³-hybridized carbons (Fsp3) is 0.529. The van der Waals surface area contributed by atoms with Gasteiger partial charge in [-0.05, 0) is 92.4 Å². The maximum absolute atomic E-state index is 14.0. The zero-order valence-electron chi connectivity index (χ0n) is 22.9. The third-order valence-electron chi connectivity index (χ3n) is 11.8. The molecule has 2 aromatic rings. The lowest BCUT2D eigenvalue weighted by atomic mass is 9.46. The summed E-state index contributed by atoms with van der Waals surface area (Å²) in [6.45, 7) is 6.59. The molecular formula is C34H39NO3. The number of hydroxylamine groups is 1. The first-order chi connectivity index (χ1) is 18.3. The monoisotopic (exact) mass is 509 g/mol. The minimum absolute atomic E-state index is 0.00897. The summed E-state index contributed by atoms with van der Waals surface area (Å²) in [7, 11) is 0. The summed E-state index contributed by atoms with van der Waals surface area (Å²) in [5.41, 5.74) is 2.69. The molecule has 7 rings (SSSR count). The molecule has 198 valence electrons. The van der Waals surface area contributed by atoms with Crippen LogP contribution in [0.5, 0.6) is 0 Å². The first kappa shape index (κ1) is 24.3. The van der Waals surface area contributed by atoms with Crippen molar-refractivity contribution in [3.8, 4) is 0 Å². The van der Waals surface area contributed by atoms with Crippen LogP contribution in [0.4, 0.5) is 5.69 Å². The van der Waals surface area contributed by atoms with E-state index in [1.165, 1.54) is 11.1 Å². The van der Waals surface area contributed by atoms with Gasteiger partial charge in [0.15, 0.2) is 17.2 Å². The summed E-state index contributed by atoms with van der Waals surface area (Å²) in [5, 5.41) is 2.07. The summed E-state index contributed by atoms with van der Waals surface area (Å²) in [5.74, 6) is 2.16. The Morgan fingerprint density at radius 2 is 1.61 bits per heavy atom. The van der Waals surface area contributed by atoms with E-state index in [0.717, 1.165) is 44.2 Å². The first-order valence-electron chi connectivity index (χ1n) is 14.6. The van der Waals surface area contributed by atoms with E-state index >= 15 is 0 Å². The fourth-order valence-corrected chi connectivity index (χ4v) is 10.1. The zero-order valence-corrected chi connectivity index (χ0v) is 22.9. The molecular weight excluding hydrogens is 470 g/mol. The molecule has 1 aliphatic heterocycles. The molecule has 38 heavy (non-hydrogen) atoms. The Hall–Kier alpha value is -2.72. The molecule has 2 aromatic carbocycles. The lowest BCUT2D eigenvalue weighted by Crippen LogP contribution is -2.59. The van der Waals surface area contributed by atoms with Crippen molar-refractivity contribution in [2.24, 2.45) is 34.5 Å². The summed E-state index contributed by atoms with van der Waals surface area (Å²) < 4.78 is 0. The van der Waals surface area contributed by atoms with Gasteiger partial charge in [-0.3, -0.25) is 14.4 Å². The zero-order chi connectivity index (χ0) is 26.3. The number of benzene rings is 2. The summed E-state index contributed by atoms with van der Waals surface area (Å²) in [6.07, 6.45) is 8.90. The Bertz CT molecular complexity index is 1300. The number of carbonyl (C=O) groups is 2. The molecule has 0 aromatic heterocycles. The third kappa shape index (κ3) is 3.07. The minimum Gasteiger partial charge on any atom is -0.297 e. The molecule has 4 aliphatic carbocycles. The summed E-state index contributed by atoms with van der Waals surface area (Å²) >= 11 is 0. The number of nitrogens with zero attached hydrogens (tertiary/aromatic N) is 1. The molecule has 0 amide bonds. The number of carbonyl (C=O) groups excluding carboxylic acids is 2. The number of ketones is 2. The maximum atomic E-state index is 14.0. The van der Waals surface area contributed by atoms with Gasteiger partial charge in [-0.25, -0.2) is 5.06 Å². The van der Waals surface area contributed by atoms with Crippen LogP contribution in [-0.2, 0) is 14.4 Å². The van der Waals surface area contributed by atoms with E-state index in [1.54, 1.807) is 6.92 Å². The van der Waals surface area contributed by atoms with Crippen molar-refractivity contribution in [3.05, 3.63) is 77.9 Å². The summed E-state index contributed by atoms with van der Waals surface area (Å²) in [6, 6.07) is 21.0. The highest BCUT2D eigenvalue weighted by molar-refractivity contribution is 5.91. The standard InChI is InChI=1S/C34H39NO3/c1-22(36)34-30(31(23-10-6-4-7-11-23)35(38-34)25-12-8-5-9-13-25)21-29-27-15-14-24-20-26(37)16-18-32(24,2)28(27)17-19-33(29,34)3/h4-13,20,27-31H,14-19,21H2,1-3H3/t27-,28+,29+,30+,31?,32+,33+,34-/m1/s1. The molecule has 0 radical (unpaired) electrons. The molecule has 4 fully saturated rings. The molecule has 4 nitrogen and oxygen atoms in total. The highest BCUT2D eigenvalue weighted by atomic mass is 16.7. The topological polar surface area (TPSA) is 46.6 Å². The number of hydrogen-bond donors (Lipinski definition) is 0. The smallest absolute Gasteiger partial charge is 0.165 e. The number of Topliss-reactive ketones (excluding diaryl/α,β-unsaturated/α-hetero) is 1. The Labute approximate surface area is 226 Å². The Kier molecular flexibility index (Phi) is 5.37. The highest BCUT2D eigenvalue weighted by Gasteiger charge is 2.75. The van der Waals surface area contributed by atoms with Crippen LogP contribution >= 0.6 is 0 Å². The molecule has 3 saturated carbocycles. The fourth-order valence-electron chi connectivity index (χ4n) is 10.1. The second-order valence-electron chi connectivity index (χ2n) is 13.2. The van der Waals surface area contributed by atoms with Gasteiger partial charge in [0, 0.05) is 17.8 Å². The molecule has 4 heteroatoms. The number of rotatable bonds is 3. The van der Waals surface area contributed by atoms with Crippen molar-refractivity contribution >= 4 is 17.3 Å². The van der Waals surface area contributed by atoms with Gasteiger partial charge < -0.3 is 0 Å². The van der Waals surface area contributed by atoms with Gasteiger partial charge in [0.25, 0.3) is 0 Å². The molecule has 0 spiro atoms. The number of fused-ring (bicyclic) bond motifs is 7. The first-order valence-corrected chi connectivity index (χ1v) is 14.6. The van der Waals surface area contributed by atoms with Gasteiger partial charge >= 0.3 is 0 Å². The van der Waals surface area contributed by atoms with Gasteiger partial charge in [-0.1, -0.05) is 68.0 Å². The van der Waals surface area contributed by atoms with Gasteiger partial charge in [0.05, 0.1) is 11.7 Å². The molecule has 0 N–H and O–H groups in total. The van der Waals surface area contributed by atoms with Crippen molar-refractivity contribution in [1.82, 2.24) is 0 Å². The molecule has 1 saturated heterocycles. The van der Waals surface area contributed by atoms with Crippen LogP contribution < -0.4 is 5.06 Å². The Morgan fingerprint density at radius 1 is 0.895 bits per heavy atom. The third-order valence-corrected chi connectivity index (χ3v) is 11.8. The van der Waals surface area contributed by atoms with Crippen molar-refractivity contribution in [2.75, 3.05) is 5.06 Å². The Balaban J connectivity index is 1.33. The molecule has 1 unspecified atom stereocenters. The van der Waals surface area contributed by atoms with Gasteiger partial charge in [0.2, 0.25) is 0 Å². The van der Waals surface area contributed by atoms with Crippen LogP contribution in [0.1, 0.15) is 77.3 Å². The second-order valence-corrected chi connectivity index (χ2v) is 13.2. The lowest BCUT2D eigenvalue weighted by molar-refractivity contribution is -0.172. The minimum atomic E-state index is -0.835. The molecule has 0 bridgehead atoms. The van der Waals surface area contributed by atoms with Crippen LogP contribution in [0.25, 0.3) is 0 Å². The lowest BCUT2D eigenvalue weighted by Gasteiger charge is -2.59. The highest BCUT2D eigenvalue weighted by Crippen LogP contribution is 2.73. The van der Waals surface area contributed by atoms with Gasteiger partial charge in [0.1, 0.15) is 0 Å². The van der Waals surface area contributed by atoms with E-state index < -0.39 is 5.60 Å². The summed E-state index contributed by atoms with van der Waals surface area (Å²) in [4.78, 5) is 33.4. The van der Waals surface area contributed by atoms with Crippen LogP contribution in [0.3, 0.4) is 0 Å². The maximum Gasteiger partial charge on any atom is 0.165 e. The number of allylic oxidation sites excluding steroid dienone is 1. The largest absolute Gasteiger partial charge is 0.297 e. The van der Waals surface area contributed by atoms with Crippen molar-refractivity contribution in [3.63, 3.8) is 0 Å². The normalized spacial score (nSPS) is 41.6. The Morgan fingerprint density at radius 3 is 2.32 bits per heavy atom. The van der Waals surface area contributed by atoms with Crippen molar-refractivity contribution < 1.29 is 14.4 Å². The van der Waals surface area contributed by atoms with Crippen LogP contribution in [-0.4, -0.2) is 17.2 Å². The van der Waals surface area contributed by atoms with E-state index in [1.807, 2.05) is 24.3 Å². The predicted molar refractivity (Wildman–Crippen MR) is 148 cm³/mol. The van der Waals surface area contributed by atoms with Gasteiger partial charge in [-0.15, -0.1) is 0 Å². The molecule has 8 atom stereocenters. The van der Waals surface area contributed by atoms with E-state index in [0.29, 0.717) is 30.0 Å². The number of para-hydroxylation sites is 1. The average Bonchev–Trinajstić information content (AvgIpc) is 3.41. The van der Waals surface area contributed by atoms with E-state index in [4.69, 9.17) is 4.84 Å².